The van der Waals surface area contributed by atoms with Crippen LogP contribution in [0.5, 0.6) is 0 Å². The molecule has 0 bridgehead atoms. The molecule has 1 rings (SSSR count). The molecule has 1 aromatic rings. The summed E-state index contributed by atoms with van der Waals surface area (Å²) in [5, 5.41) is 12.8. The maximum atomic E-state index is 13.1. The molecule has 0 spiro atoms. The molecule has 0 saturated heterocycles. The second kappa shape index (κ2) is 4.35. The summed E-state index contributed by atoms with van der Waals surface area (Å²) in [6, 6.07) is 1.78. The number of nitro groups is 1. The summed E-state index contributed by atoms with van der Waals surface area (Å²) < 4.78 is 13.0. The van der Waals surface area contributed by atoms with Gasteiger partial charge >= 0.3 is 0 Å². The van der Waals surface area contributed by atoms with Gasteiger partial charge in [0.25, 0.3) is 11.6 Å². The number of amides is 1. The zero-order valence-corrected chi connectivity index (χ0v) is 9.17. The second-order valence-corrected chi connectivity index (χ2v) is 3.47. The number of halogens is 2. The Kier molecular flexibility index (Phi) is 3.35. The van der Waals surface area contributed by atoms with Gasteiger partial charge < -0.3 is 5.32 Å². The molecule has 0 atom stereocenters. The molecule has 0 unspecified atom stereocenters. The number of carbonyl (C=O) groups excluding carboxylic acids is 1. The molecule has 0 aromatic heterocycles. The number of rotatable bonds is 2. The van der Waals surface area contributed by atoms with Gasteiger partial charge in [-0.05, 0) is 22.0 Å². The van der Waals surface area contributed by atoms with Gasteiger partial charge in [0.15, 0.2) is 0 Å². The fraction of sp³-hybridized carbons (Fsp3) is 0.125. The number of hydrogen-bond donors (Lipinski definition) is 1. The number of carbonyl (C=O) groups is 1. The van der Waals surface area contributed by atoms with Gasteiger partial charge in [0.05, 0.1) is 9.40 Å². The van der Waals surface area contributed by atoms with Crippen LogP contribution in [0.4, 0.5) is 10.1 Å². The monoisotopic (exact) mass is 276 g/mol. The highest BCUT2D eigenvalue weighted by Crippen LogP contribution is 2.26. The Balaban J connectivity index is 3.41. The van der Waals surface area contributed by atoms with E-state index in [1.54, 1.807) is 0 Å². The van der Waals surface area contributed by atoms with Gasteiger partial charge in [0.2, 0.25) is 0 Å². The predicted octanol–water partition coefficient (Wildman–Crippen LogP) is 1.86. The third-order valence-corrected chi connectivity index (χ3v) is 2.31. The fourth-order valence-corrected chi connectivity index (χ4v) is 1.34. The normalized spacial score (nSPS) is 9.80. The quantitative estimate of drug-likeness (QED) is 0.662. The first-order valence-corrected chi connectivity index (χ1v) is 4.62. The summed E-state index contributed by atoms with van der Waals surface area (Å²) in [4.78, 5) is 21.1. The Hall–Kier alpha value is -1.50. The van der Waals surface area contributed by atoms with E-state index < -0.39 is 22.3 Å². The molecule has 1 N–H and O–H groups in total. The van der Waals surface area contributed by atoms with Crippen LogP contribution in [0, 0.1) is 15.9 Å². The molecule has 7 heteroatoms. The van der Waals surface area contributed by atoms with Crippen molar-refractivity contribution in [1.82, 2.24) is 5.32 Å². The van der Waals surface area contributed by atoms with Gasteiger partial charge in [-0.1, -0.05) is 0 Å². The highest BCUT2D eigenvalue weighted by atomic mass is 79.9. The lowest BCUT2D eigenvalue weighted by molar-refractivity contribution is -0.385. The summed E-state index contributed by atoms with van der Waals surface area (Å²) in [6.07, 6.45) is 0. The molecule has 0 aliphatic carbocycles. The van der Waals surface area contributed by atoms with Crippen LogP contribution < -0.4 is 5.32 Å². The summed E-state index contributed by atoms with van der Waals surface area (Å²) in [6.45, 7) is 0. The van der Waals surface area contributed by atoms with Crippen molar-refractivity contribution in [2.24, 2.45) is 0 Å². The minimum Gasteiger partial charge on any atom is -0.355 e. The minimum atomic E-state index is -0.741. The van der Waals surface area contributed by atoms with Crippen molar-refractivity contribution in [3.8, 4) is 0 Å². The third kappa shape index (κ3) is 2.30. The predicted molar refractivity (Wildman–Crippen MR) is 54.1 cm³/mol. The lowest BCUT2D eigenvalue weighted by Gasteiger charge is -2.02. The standard InChI is InChI=1S/C8H6BrFN2O3/c1-11-8(13)4-2-6(10)5(9)3-7(4)12(14)15/h2-3H,1H3,(H,11,13). The number of benzene rings is 1. The first kappa shape index (κ1) is 11.6. The smallest absolute Gasteiger partial charge is 0.283 e. The fourth-order valence-electron chi connectivity index (χ4n) is 1.00. The topological polar surface area (TPSA) is 72.2 Å². The average molecular weight is 277 g/mol. The van der Waals surface area contributed by atoms with Crippen LogP contribution in [0.15, 0.2) is 16.6 Å². The van der Waals surface area contributed by atoms with E-state index >= 15 is 0 Å². The summed E-state index contributed by atoms with van der Waals surface area (Å²) in [7, 11) is 1.31. The van der Waals surface area contributed by atoms with Crippen molar-refractivity contribution < 1.29 is 14.1 Å². The van der Waals surface area contributed by atoms with Crippen molar-refractivity contribution in [3.05, 3.63) is 38.1 Å². The number of hydrogen-bond acceptors (Lipinski definition) is 3. The van der Waals surface area contributed by atoms with E-state index in [0.717, 1.165) is 12.1 Å². The summed E-state index contributed by atoms with van der Waals surface area (Å²) >= 11 is 2.81. The molecule has 0 aliphatic heterocycles. The molecule has 0 aliphatic rings. The lowest BCUT2D eigenvalue weighted by atomic mass is 10.1. The van der Waals surface area contributed by atoms with Gasteiger partial charge in [0.1, 0.15) is 11.4 Å². The van der Waals surface area contributed by atoms with Gasteiger partial charge in [-0.2, -0.15) is 0 Å². The molecule has 0 heterocycles. The zero-order valence-electron chi connectivity index (χ0n) is 7.58. The van der Waals surface area contributed by atoms with Crippen LogP contribution >= 0.6 is 15.9 Å². The van der Waals surface area contributed by atoms with E-state index in [0.29, 0.717) is 0 Å². The first-order valence-electron chi connectivity index (χ1n) is 3.83. The molecule has 0 fully saturated rings. The molecule has 5 nitrogen and oxygen atoms in total. The zero-order chi connectivity index (χ0) is 11.6. The highest BCUT2D eigenvalue weighted by Gasteiger charge is 2.21. The van der Waals surface area contributed by atoms with Crippen LogP contribution in [0.25, 0.3) is 0 Å². The molecule has 1 amide bonds. The van der Waals surface area contributed by atoms with E-state index in [1.165, 1.54) is 7.05 Å². The summed E-state index contributed by atoms with van der Waals surface area (Å²) in [5.74, 6) is -1.42. The van der Waals surface area contributed by atoms with Crippen molar-refractivity contribution >= 4 is 27.5 Å². The molecule has 80 valence electrons. The average Bonchev–Trinajstić information content (AvgIpc) is 2.20. The Morgan fingerprint density at radius 2 is 2.20 bits per heavy atom. The second-order valence-electron chi connectivity index (χ2n) is 2.62. The van der Waals surface area contributed by atoms with E-state index in [4.69, 9.17) is 0 Å². The van der Waals surface area contributed by atoms with Crippen LogP contribution in [-0.2, 0) is 0 Å². The van der Waals surface area contributed by atoms with E-state index in [9.17, 15) is 19.3 Å². The molecular weight excluding hydrogens is 271 g/mol. The first-order chi connectivity index (χ1) is 6.97. The van der Waals surface area contributed by atoms with E-state index in [1.807, 2.05) is 0 Å². The summed E-state index contributed by atoms with van der Waals surface area (Å²) in [5.41, 5.74) is -0.745. The maximum Gasteiger partial charge on any atom is 0.283 e. The molecular formula is C8H6BrFN2O3. The van der Waals surface area contributed by atoms with Crippen LogP contribution in [-0.4, -0.2) is 17.9 Å². The minimum absolute atomic E-state index is 0.0538. The van der Waals surface area contributed by atoms with Crippen molar-refractivity contribution in [2.75, 3.05) is 7.05 Å². The highest BCUT2D eigenvalue weighted by molar-refractivity contribution is 9.10. The van der Waals surface area contributed by atoms with Crippen molar-refractivity contribution in [2.45, 2.75) is 0 Å². The number of nitro benzene ring substituents is 1. The Morgan fingerprint density at radius 3 is 2.67 bits per heavy atom. The van der Waals surface area contributed by atoms with Crippen LogP contribution in [0.2, 0.25) is 0 Å². The third-order valence-electron chi connectivity index (χ3n) is 1.71. The van der Waals surface area contributed by atoms with Gasteiger partial charge in [-0.15, -0.1) is 0 Å². The van der Waals surface area contributed by atoms with Crippen molar-refractivity contribution in [1.29, 1.82) is 0 Å². The van der Waals surface area contributed by atoms with E-state index in [-0.39, 0.29) is 10.0 Å². The Labute approximate surface area is 92.6 Å². The number of nitrogens with one attached hydrogen (secondary N) is 1. The molecule has 0 radical (unpaired) electrons. The molecule has 1 aromatic carbocycles. The van der Waals surface area contributed by atoms with Crippen LogP contribution in [0.3, 0.4) is 0 Å². The van der Waals surface area contributed by atoms with Gasteiger partial charge in [-0.25, -0.2) is 4.39 Å². The largest absolute Gasteiger partial charge is 0.355 e. The number of nitrogens with zero attached hydrogens (tertiary/aromatic N) is 1. The molecule has 15 heavy (non-hydrogen) atoms. The van der Waals surface area contributed by atoms with Gasteiger partial charge in [0, 0.05) is 13.1 Å². The SMILES string of the molecule is CNC(=O)c1cc(F)c(Br)cc1[N+](=O)[O-]. The van der Waals surface area contributed by atoms with Crippen LogP contribution in [0.1, 0.15) is 10.4 Å². The van der Waals surface area contributed by atoms with E-state index in [2.05, 4.69) is 21.2 Å². The maximum absolute atomic E-state index is 13.1. The molecule has 0 saturated carbocycles. The Morgan fingerprint density at radius 1 is 1.60 bits per heavy atom. The Bertz CT molecular complexity index is 436. The van der Waals surface area contributed by atoms with Gasteiger partial charge in [-0.3, -0.25) is 14.9 Å². The van der Waals surface area contributed by atoms with Crippen molar-refractivity contribution in [3.63, 3.8) is 0 Å². The lowest BCUT2D eigenvalue weighted by Crippen LogP contribution is -2.19.